The standard InChI is InChI=1S/C14H17N3/c1-11-10-14(17-8-6-15-7-9-17)16-13-5-3-2-4-12(11)13/h2-5,10,15H,6-9H2,1H3. The third kappa shape index (κ3) is 1.98. The second-order valence-corrected chi connectivity index (χ2v) is 4.55. The lowest BCUT2D eigenvalue weighted by Gasteiger charge is -2.28. The Hall–Kier alpha value is -1.61. The Labute approximate surface area is 101 Å². The molecule has 0 amide bonds. The van der Waals surface area contributed by atoms with Crippen LogP contribution < -0.4 is 10.2 Å². The highest BCUT2D eigenvalue weighted by Crippen LogP contribution is 2.22. The number of nitrogens with one attached hydrogen (secondary N) is 1. The zero-order valence-corrected chi connectivity index (χ0v) is 10.1. The predicted molar refractivity (Wildman–Crippen MR) is 71.6 cm³/mol. The average molecular weight is 227 g/mol. The van der Waals surface area contributed by atoms with E-state index in [1.807, 2.05) is 0 Å². The predicted octanol–water partition coefficient (Wildman–Crippen LogP) is 1.95. The molecule has 1 aromatic heterocycles. The van der Waals surface area contributed by atoms with Gasteiger partial charge in [0.05, 0.1) is 5.52 Å². The van der Waals surface area contributed by atoms with E-state index in [9.17, 15) is 0 Å². The highest BCUT2D eigenvalue weighted by Gasteiger charge is 2.12. The summed E-state index contributed by atoms with van der Waals surface area (Å²) in [6.07, 6.45) is 0. The van der Waals surface area contributed by atoms with Crippen LogP contribution in [0.2, 0.25) is 0 Å². The fourth-order valence-electron chi connectivity index (χ4n) is 2.39. The molecule has 0 aliphatic carbocycles. The van der Waals surface area contributed by atoms with Crippen molar-refractivity contribution in [1.29, 1.82) is 0 Å². The maximum Gasteiger partial charge on any atom is 0.129 e. The molecule has 2 heterocycles. The number of aryl methyl sites for hydroxylation is 1. The zero-order valence-electron chi connectivity index (χ0n) is 10.1. The van der Waals surface area contributed by atoms with E-state index >= 15 is 0 Å². The zero-order chi connectivity index (χ0) is 11.7. The van der Waals surface area contributed by atoms with Crippen molar-refractivity contribution in [3.8, 4) is 0 Å². The molecule has 0 saturated carbocycles. The largest absolute Gasteiger partial charge is 0.354 e. The second kappa shape index (κ2) is 4.34. The second-order valence-electron chi connectivity index (χ2n) is 4.55. The van der Waals surface area contributed by atoms with Gasteiger partial charge in [-0.1, -0.05) is 18.2 Å². The van der Waals surface area contributed by atoms with Crippen LogP contribution in [0.4, 0.5) is 5.82 Å². The molecule has 3 nitrogen and oxygen atoms in total. The molecule has 0 unspecified atom stereocenters. The molecule has 1 N–H and O–H groups in total. The Morgan fingerprint density at radius 2 is 1.94 bits per heavy atom. The van der Waals surface area contributed by atoms with Crippen molar-refractivity contribution >= 4 is 16.7 Å². The van der Waals surface area contributed by atoms with Crippen LogP contribution >= 0.6 is 0 Å². The molecule has 1 aliphatic heterocycles. The Morgan fingerprint density at radius 1 is 1.18 bits per heavy atom. The van der Waals surface area contributed by atoms with E-state index in [2.05, 4.69) is 47.5 Å². The third-order valence-corrected chi connectivity index (χ3v) is 3.35. The van der Waals surface area contributed by atoms with Crippen molar-refractivity contribution in [3.05, 3.63) is 35.9 Å². The maximum absolute atomic E-state index is 4.76. The number of benzene rings is 1. The van der Waals surface area contributed by atoms with Crippen LogP contribution in [0.5, 0.6) is 0 Å². The molecule has 1 fully saturated rings. The van der Waals surface area contributed by atoms with Gasteiger partial charge in [-0.2, -0.15) is 0 Å². The first kappa shape index (κ1) is 10.5. The van der Waals surface area contributed by atoms with Gasteiger partial charge in [-0.25, -0.2) is 4.98 Å². The van der Waals surface area contributed by atoms with Gasteiger partial charge in [0.25, 0.3) is 0 Å². The number of para-hydroxylation sites is 1. The highest BCUT2D eigenvalue weighted by atomic mass is 15.2. The van der Waals surface area contributed by atoms with Gasteiger partial charge in [0, 0.05) is 31.6 Å². The molecular formula is C14H17N3. The molecule has 0 bridgehead atoms. The number of fused-ring (bicyclic) bond motifs is 1. The number of pyridine rings is 1. The summed E-state index contributed by atoms with van der Waals surface area (Å²) in [5.41, 5.74) is 2.41. The maximum atomic E-state index is 4.76. The van der Waals surface area contributed by atoms with Crippen molar-refractivity contribution in [3.63, 3.8) is 0 Å². The molecular weight excluding hydrogens is 210 g/mol. The molecule has 3 heteroatoms. The lowest BCUT2D eigenvalue weighted by molar-refractivity contribution is 0.585. The van der Waals surface area contributed by atoms with Crippen LogP contribution in [0, 0.1) is 6.92 Å². The van der Waals surface area contributed by atoms with Crippen molar-refractivity contribution < 1.29 is 0 Å². The topological polar surface area (TPSA) is 28.2 Å². The van der Waals surface area contributed by atoms with Crippen molar-refractivity contribution in [2.75, 3.05) is 31.1 Å². The van der Waals surface area contributed by atoms with E-state index in [-0.39, 0.29) is 0 Å². The smallest absolute Gasteiger partial charge is 0.129 e. The number of aromatic nitrogens is 1. The first-order valence-electron chi connectivity index (χ1n) is 6.17. The van der Waals surface area contributed by atoms with E-state index in [0.29, 0.717) is 0 Å². The average Bonchev–Trinajstić information content (AvgIpc) is 2.40. The molecule has 0 atom stereocenters. The van der Waals surface area contributed by atoms with E-state index in [4.69, 9.17) is 4.98 Å². The van der Waals surface area contributed by atoms with Gasteiger partial charge in [0.1, 0.15) is 5.82 Å². The molecule has 1 aliphatic rings. The Balaban J connectivity index is 2.05. The molecule has 1 saturated heterocycles. The Morgan fingerprint density at radius 3 is 2.76 bits per heavy atom. The normalized spacial score (nSPS) is 16.4. The van der Waals surface area contributed by atoms with Crippen molar-refractivity contribution in [2.45, 2.75) is 6.92 Å². The van der Waals surface area contributed by atoms with Crippen LogP contribution in [0.15, 0.2) is 30.3 Å². The fraction of sp³-hybridized carbons (Fsp3) is 0.357. The lowest BCUT2D eigenvalue weighted by Crippen LogP contribution is -2.43. The van der Waals surface area contributed by atoms with Gasteiger partial charge in [-0.15, -0.1) is 0 Å². The van der Waals surface area contributed by atoms with Crippen LogP contribution in [0.25, 0.3) is 10.9 Å². The Kier molecular flexibility index (Phi) is 2.69. The van der Waals surface area contributed by atoms with E-state index < -0.39 is 0 Å². The van der Waals surface area contributed by atoms with Crippen LogP contribution in [0.3, 0.4) is 0 Å². The number of hydrogen-bond acceptors (Lipinski definition) is 3. The first-order chi connectivity index (χ1) is 8.34. The summed E-state index contributed by atoms with van der Waals surface area (Å²) >= 11 is 0. The van der Waals surface area contributed by atoms with Crippen LogP contribution in [-0.4, -0.2) is 31.2 Å². The molecule has 2 aromatic rings. The number of piperazine rings is 1. The minimum atomic E-state index is 1.05. The van der Waals surface area contributed by atoms with Crippen molar-refractivity contribution in [1.82, 2.24) is 10.3 Å². The fourth-order valence-corrected chi connectivity index (χ4v) is 2.39. The monoisotopic (exact) mass is 227 g/mol. The SMILES string of the molecule is Cc1cc(N2CCNCC2)nc2ccccc12. The minimum absolute atomic E-state index is 1.05. The van der Waals surface area contributed by atoms with Crippen molar-refractivity contribution in [2.24, 2.45) is 0 Å². The number of hydrogen-bond donors (Lipinski definition) is 1. The summed E-state index contributed by atoms with van der Waals surface area (Å²) in [6.45, 7) is 6.35. The van der Waals surface area contributed by atoms with E-state index in [0.717, 1.165) is 37.5 Å². The van der Waals surface area contributed by atoms with Gasteiger partial charge < -0.3 is 10.2 Å². The highest BCUT2D eigenvalue weighted by molar-refractivity contribution is 5.83. The summed E-state index contributed by atoms with van der Waals surface area (Å²) in [4.78, 5) is 7.11. The summed E-state index contributed by atoms with van der Waals surface area (Å²) in [5, 5.41) is 4.62. The quantitative estimate of drug-likeness (QED) is 0.807. The number of rotatable bonds is 1. The summed E-state index contributed by atoms with van der Waals surface area (Å²) in [5.74, 6) is 1.11. The molecule has 3 rings (SSSR count). The molecule has 0 radical (unpaired) electrons. The number of nitrogens with zero attached hydrogens (tertiary/aromatic N) is 2. The van der Waals surface area contributed by atoms with Gasteiger partial charge in [0.15, 0.2) is 0 Å². The summed E-state index contributed by atoms with van der Waals surface area (Å²) in [6, 6.07) is 10.6. The third-order valence-electron chi connectivity index (χ3n) is 3.35. The van der Waals surface area contributed by atoms with Crippen LogP contribution in [0.1, 0.15) is 5.56 Å². The summed E-state index contributed by atoms with van der Waals surface area (Å²) in [7, 11) is 0. The van der Waals surface area contributed by atoms with Crippen LogP contribution in [-0.2, 0) is 0 Å². The molecule has 1 aromatic carbocycles. The minimum Gasteiger partial charge on any atom is -0.354 e. The Bertz CT molecular complexity index is 530. The summed E-state index contributed by atoms with van der Waals surface area (Å²) < 4.78 is 0. The number of anilines is 1. The van der Waals surface area contributed by atoms with Gasteiger partial charge in [-0.05, 0) is 24.6 Å². The molecule has 17 heavy (non-hydrogen) atoms. The van der Waals surface area contributed by atoms with Gasteiger partial charge in [0.2, 0.25) is 0 Å². The first-order valence-corrected chi connectivity index (χ1v) is 6.17. The van der Waals surface area contributed by atoms with E-state index in [1.54, 1.807) is 0 Å². The lowest BCUT2D eigenvalue weighted by atomic mass is 10.1. The molecule has 0 spiro atoms. The van der Waals surface area contributed by atoms with Gasteiger partial charge in [-0.3, -0.25) is 0 Å². The van der Waals surface area contributed by atoms with Gasteiger partial charge >= 0.3 is 0 Å². The molecule has 88 valence electrons. The van der Waals surface area contributed by atoms with E-state index in [1.165, 1.54) is 10.9 Å².